The number of ether oxygens (including phenoxy) is 5. The molecule has 0 saturated heterocycles. The van der Waals surface area contributed by atoms with Crippen LogP contribution in [0.1, 0.15) is 28.4 Å². The van der Waals surface area contributed by atoms with E-state index in [0.717, 1.165) is 0 Å². The Morgan fingerprint density at radius 3 is 1.70 bits per heavy atom. The van der Waals surface area contributed by atoms with Crippen molar-refractivity contribution in [2.45, 2.75) is 6.92 Å². The first-order valence-corrected chi connectivity index (χ1v) is 8.27. The lowest BCUT2D eigenvalue weighted by molar-refractivity contribution is 0.103. The Balaban J connectivity index is 2.66. The van der Waals surface area contributed by atoms with Crippen molar-refractivity contribution in [3.63, 3.8) is 0 Å². The van der Waals surface area contributed by atoms with Gasteiger partial charge in [0.2, 0.25) is 5.75 Å². The first kappa shape index (κ1) is 20.2. The average molecular weight is 372 g/mol. The van der Waals surface area contributed by atoms with Crippen molar-refractivity contribution in [2.24, 2.45) is 0 Å². The van der Waals surface area contributed by atoms with Gasteiger partial charge < -0.3 is 23.7 Å². The zero-order valence-corrected chi connectivity index (χ0v) is 16.4. The maximum atomic E-state index is 13.3. The Morgan fingerprint density at radius 2 is 1.26 bits per heavy atom. The summed E-state index contributed by atoms with van der Waals surface area (Å²) in [5, 5.41) is 0. The van der Waals surface area contributed by atoms with Gasteiger partial charge in [-0.05, 0) is 36.8 Å². The van der Waals surface area contributed by atoms with Crippen LogP contribution in [-0.2, 0) is 0 Å². The van der Waals surface area contributed by atoms with Crippen molar-refractivity contribution < 1.29 is 28.5 Å². The fourth-order valence-corrected chi connectivity index (χ4v) is 2.78. The van der Waals surface area contributed by atoms with Gasteiger partial charge in [-0.1, -0.05) is 12.2 Å². The quantitative estimate of drug-likeness (QED) is 0.653. The minimum Gasteiger partial charge on any atom is -0.493 e. The third-order valence-corrected chi connectivity index (χ3v) is 4.07. The van der Waals surface area contributed by atoms with Gasteiger partial charge in [0.15, 0.2) is 28.8 Å². The van der Waals surface area contributed by atoms with E-state index in [9.17, 15) is 4.79 Å². The van der Waals surface area contributed by atoms with E-state index in [0.29, 0.717) is 45.4 Å². The fourth-order valence-electron chi connectivity index (χ4n) is 2.78. The lowest BCUT2D eigenvalue weighted by Crippen LogP contribution is -2.07. The smallest absolute Gasteiger partial charge is 0.203 e. The lowest BCUT2D eigenvalue weighted by Gasteiger charge is -2.15. The molecule has 0 unspecified atom stereocenters. The molecule has 0 fully saturated rings. The van der Waals surface area contributed by atoms with Crippen molar-refractivity contribution in [3.8, 4) is 28.7 Å². The third-order valence-electron chi connectivity index (χ3n) is 4.07. The van der Waals surface area contributed by atoms with Crippen LogP contribution in [0.4, 0.5) is 0 Å². The van der Waals surface area contributed by atoms with Crippen molar-refractivity contribution in [1.29, 1.82) is 0 Å². The summed E-state index contributed by atoms with van der Waals surface area (Å²) in [6.45, 7) is 1.88. The first-order valence-electron chi connectivity index (χ1n) is 8.27. The van der Waals surface area contributed by atoms with Gasteiger partial charge in [-0.15, -0.1) is 0 Å². The first-order chi connectivity index (χ1) is 13.0. The van der Waals surface area contributed by atoms with Gasteiger partial charge in [-0.25, -0.2) is 0 Å². The summed E-state index contributed by atoms with van der Waals surface area (Å²) in [6, 6.07) is 6.68. The highest BCUT2D eigenvalue weighted by molar-refractivity contribution is 6.12. The van der Waals surface area contributed by atoms with Gasteiger partial charge in [-0.2, -0.15) is 0 Å². The average Bonchev–Trinajstić information content (AvgIpc) is 2.71. The molecule has 0 aliphatic heterocycles. The molecule has 2 rings (SSSR count). The molecule has 2 aromatic carbocycles. The lowest BCUT2D eigenvalue weighted by atomic mass is 9.96. The molecule has 0 aromatic heterocycles. The monoisotopic (exact) mass is 372 g/mol. The van der Waals surface area contributed by atoms with Crippen LogP contribution in [0.3, 0.4) is 0 Å². The summed E-state index contributed by atoms with van der Waals surface area (Å²) < 4.78 is 26.7. The van der Waals surface area contributed by atoms with E-state index in [4.69, 9.17) is 23.7 Å². The van der Waals surface area contributed by atoms with E-state index < -0.39 is 0 Å². The number of hydrogen-bond acceptors (Lipinski definition) is 6. The van der Waals surface area contributed by atoms with Crippen molar-refractivity contribution in [1.82, 2.24) is 0 Å². The Hall–Kier alpha value is -3.15. The number of carbonyl (C=O) groups is 1. The number of carbonyl (C=O) groups excluding carboxylic acids is 1. The Bertz CT molecular complexity index is 829. The molecular weight excluding hydrogens is 348 g/mol. The van der Waals surface area contributed by atoms with Crippen LogP contribution in [0, 0.1) is 0 Å². The molecule has 0 aliphatic rings. The number of hydrogen-bond donors (Lipinski definition) is 0. The Morgan fingerprint density at radius 1 is 0.741 bits per heavy atom. The van der Waals surface area contributed by atoms with E-state index in [1.165, 1.54) is 28.4 Å². The Labute approximate surface area is 159 Å². The molecule has 0 atom stereocenters. The van der Waals surface area contributed by atoms with Crippen LogP contribution < -0.4 is 23.7 Å². The maximum absolute atomic E-state index is 13.3. The van der Waals surface area contributed by atoms with E-state index in [1.54, 1.807) is 31.4 Å². The highest BCUT2D eigenvalue weighted by Crippen LogP contribution is 2.39. The molecule has 0 bridgehead atoms. The fraction of sp³-hybridized carbons (Fsp3) is 0.286. The SMILES string of the molecule is C/C=C/c1cc(OC)c(OC)cc1C(=O)c1cc(OC)c(OC)c(OC)c1. The van der Waals surface area contributed by atoms with Crippen LogP contribution in [0.15, 0.2) is 30.3 Å². The third kappa shape index (κ3) is 4.00. The molecular formula is C21H24O6. The second-order valence-corrected chi connectivity index (χ2v) is 5.54. The second kappa shape index (κ2) is 8.98. The molecule has 0 amide bonds. The summed E-state index contributed by atoms with van der Waals surface area (Å²) in [5.74, 6) is 2.07. The molecule has 0 aliphatic carbocycles. The largest absolute Gasteiger partial charge is 0.493 e. The zero-order valence-electron chi connectivity index (χ0n) is 16.4. The highest BCUT2D eigenvalue weighted by Gasteiger charge is 2.21. The molecule has 0 saturated carbocycles. The van der Waals surface area contributed by atoms with Gasteiger partial charge in [0.05, 0.1) is 35.5 Å². The number of methoxy groups -OCH3 is 5. The van der Waals surface area contributed by atoms with Crippen LogP contribution >= 0.6 is 0 Å². The van der Waals surface area contributed by atoms with Crippen molar-refractivity contribution in [2.75, 3.05) is 35.5 Å². The molecule has 27 heavy (non-hydrogen) atoms. The molecule has 6 nitrogen and oxygen atoms in total. The van der Waals surface area contributed by atoms with E-state index in [1.807, 2.05) is 19.1 Å². The van der Waals surface area contributed by atoms with E-state index in [-0.39, 0.29) is 5.78 Å². The molecule has 6 heteroatoms. The van der Waals surface area contributed by atoms with E-state index in [2.05, 4.69) is 0 Å². The van der Waals surface area contributed by atoms with Crippen molar-refractivity contribution in [3.05, 3.63) is 47.0 Å². The predicted molar refractivity (Wildman–Crippen MR) is 104 cm³/mol. The van der Waals surface area contributed by atoms with E-state index >= 15 is 0 Å². The molecule has 2 aromatic rings. The summed E-state index contributed by atoms with van der Waals surface area (Å²) in [5.41, 5.74) is 1.59. The minimum atomic E-state index is -0.205. The number of rotatable bonds is 8. The second-order valence-electron chi connectivity index (χ2n) is 5.54. The number of allylic oxidation sites excluding steroid dienone is 1. The van der Waals surface area contributed by atoms with Crippen LogP contribution in [0.25, 0.3) is 6.08 Å². The summed E-state index contributed by atoms with van der Waals surface area (Å²) in [6.07, 6.45) is 3.69. The number of ketones is 1. The van der Waals surface area contributed by atoms with Gasteiger partial charge in [0.25, 0.3) is 0 Å². The topological polar surface area (TPSA) is 63.2 Å². The van der Waals surface area contributed by atoms with Crippen LogP contribution in [0.5, 0.6) is 28.7 Å². The normalized spacial score (nSPS) is 10.6. The number of benzene rings is 2. The minimum absolute atomic E-state index is 0.205. The van der Waals surface area contributed by atoms with Gasteiger partial charge >= 0.3 is 0 Å². The predicted octanol–water partition coefficient (Wildman–Crippen LogP) is 3.99. The summed E-state index contributed by atoms with van der Waals surface area (Å²) in [4.78, 5) is 13.3. The molecule has 0 N–H and O–H groups in total. The van der Waals surface area contributed by atoms with Crippen molar-refractivity contribution >= 4 is 11.9 Å². The Kier molecular flexibility index (Phi) is 6.71. The standard InChI is InChI=1S/C21H24O6/c1-7-8-13-9-16(23-2)17(24-3)12-15(13)20(22)14-10-18(25-4)21(27-6)19(11-14)26-5/h7-12H,1-6H3/b8-7+. The van der Waals surface area contributed by atoms with Gasteiger partial charge in [-0.3, -0.25) is 4.79 Å². The van der Waals surface area contributed by atoms with Gasteiger partial charge in [0.1, 0.15) is 0 Å². The molecule has 0 heterocycles. The summed E-state index contributed by atoms with van der Waals surface area (Å²) in [7, 11) is 7.61. The maximum Gasteiger partial charge on any atom is 0.203 e. The van der Waals surface area contributed by atoms with Crippen LogP contribution in [0.2, 0.25) is 0 Å². The van der Waals surface area contributed by atoms with Gasteiger partial charge in [0, 0.05) is 11.1 Å². The zero-order chi connectivity index (χ0) is 20.0. The summed E-state index contributed by atoms with van der Waals surface area (Å²) >= 11 is 0. The molecule has 0 radical (unpaired) electrons. The van der Waals surface area contributed by atoms with Crippen LogP contribution in [-0.4, -0.2) is 41.3 Å². The molecule has 0 spiro atoms. The highest BCUT2D eigenvalue weighted by atomic mass is 16.5. The molecule has 144 valence electrons.